The third kappa shape index (κ3) is 3.60. The fourth-order valence-electron chi connectivity index (χ4n) is 2.85. The van der Waals surface area contributed by atoms with Crippen molar-refractivity contribution in [3.63, 3.8) is 0 Å². The molecule has 1 aliphatic heterocycles. The highest BCUT2D eigenvalue weighted by Crippen LogP contribution is 2.20. The molecule has 1 amide bonds. The van der Waals surface area contributed by atoms with E-state index < -0.39 is 11.6 Å². The van der Waals surface area contributed by atoms with Crippen LogP contribution < -0.4 is 10.6 Å². The van der Waals surface area contributed by atoms with Crippen LogP contribution in [0.1, 0.15) is 11.9 Å². The first-order valence-corrected chi connectivity index (χ1v) is 7.71. The number of nitrogens with one attached hydrogen (secondary N) is 2. The fourth-order valence-corrected chi connectivity index (χ4v) is 2.85. The number of piperazine rings is 1. The number of imidazole rings is 1. The van der Waals surface area contributed by atoms with Gasteiger partial charge in [0.15, 0.2) is 11.6 Å². The third-order valence-corrected chi connectivity index (χ3v) is 4.06. The van der Waals surface area contributed by atoms with Gasteiger partial charge in [-0.2, -0.15) is 0 Å². The summed E-state index contributed by atoms with van der Waals surface area (Å²) in [5, 5.41) is 5.90. The maximum absolute atomic E-state index is 13.2. The van der Waals surface area contributed by atoms with Crippen LogP contribution in [0.4, 0.5) is 14.5 Å². The summed E-state index contributed by atoms with van der Waals surface area (Å²) in [5.74, 6) is -1.32. The fraction of sp³-hybridized carbons (Fsp3) is 0.375. The second-order valence-corrected chi connectivity index (χ2v) is 5.76. The molecule has 1 atom stereocenters. The minimum atomic E-state index is -0.985. The molecule has 128 valence electrons. The molecule has 0 bridgehead atoms. The van der Waals surface area contributed by atoms with E-state index in [-0.39, 0.29) is 24.2 Å². The molecule has 1 saturated heterocycles. The van der Waals surface area contributed by atoms with Gasteiger partial charge in [-0.1, -0.05) is 0 Å². The summed E-state index contributed by atoms with van der Waals surface area (Å²) in [4.78, 5) is 18.6. The SMILES string of the molecule is Cn1ccnc1C1CNCCN1CC(=O)Nc1ccc(F)c(F)c1. The number of hydrogen-bond donors (Lipinski definition) is 2. The molecule has 0 aliphatic carbocycles. The van der Waals surface area contributed by atoms with Crippen LogP contribution in [0, 0.1) is 11.6 Å². The number of anilines is 1. The van der Waals surface area contributed by atoms with Crippen molar-refractivity contribution in [3.8, 4) is 0 Å². The van der Waals surface area contributed by atoms with Crippen molar-refractivity contribution in [2.75, 3.05) is 31.5 Å². The molecule has 1 fully saturated rings. The standard InChI is InChI=1S/C16H19F2N5O/c1-22-6-5-20-16(22)14-9-19-4-7-23(14)10-15(24)21-11-2-3-12(17)13(18)8-11/h2-3,5-6,8,14,19H,4,7,9-10H2,1H3,(H,21,24). The number of amides is 1. The largest absolute Gasteiger partial charge is 0.337 e. The van der Waals surface area contributed by atoms with E-state index in [0.717, 1.165) is 24.5 Å². The number of carbonyl (C=O) groups is 1. The van der Waals surface area contributed by atoms with Gasteiger partial charge in [-0.05, 0) is 12.1 Å². The lowest BCUT2D eigenvalue weighted by Crippen LogP contribution is -2.49. The van der Waals surface area contributed by atoms with Crippen LogP contribution >= 0.6 is 0 Å². The Kier molecular flexibility index (Phi) is 4.86. The average Bonchev–Trinajstić information content (AvgIpc) is 2.97. The maximum Gasteiger partial charge on any atom is 0.238 e. The molecule has 1 aromatic carbocycles. The highest BCUT2D eigenvalue weighted by atomic mass is 19.2. The first-order chi connectivity index (χ1) is 11.5. The predicted molar refractivity (Wildman–Crippen MR) is 85.4 cm³/mol. The first kappa shape index (κ1) is 16.5. The number of hydrogen-bond acceptors (Lipinski definition) is 4. The van der Waals surface area contributed by atoms with Crippen LogP contribution in [0.2, 0.25) is 0 Å². The zero-order valence-corrected chi connectivity index (χ0v) is 13.3. The Hall–Kier alpha value is -2.32. The zero-order chi connectivity index (χ0) is 17.1. The predicted octanol–water partition coefficient (Wildman–Crippen LogP) is 1.28. The van der Waals surface area contributed by atoms with Gasteiger partial charge in [-0.15, -0.1) is 0 Å². The second kappa shape index (κ2) is 7.06. The summed E-state index contributed by atoms with van der Waals surface area (Å²) in [6.45, 7) is 2.32. The van der Waals surface area contributed by atoms with Gasteiger partial charge in [0.25, 0.3) is 0 Å². The molecule has 1 aromatic heterocycles. The molecule has 2 N–H and O–H groups in total. The van der Waals surface area contributed by atoms with Gasteiger partial charge in [0.2, 0.25) is 5.91 Å². The Morgan fingerprint density at radius 1 is 1.42 bits per heavy atom. The van der Waals surface area contributed by atoms with E-state index in [1.54, 1.807) is 6.20 Å². The normalized spacial score (nSPS) is 18.5. The number of aryl methyl sites for hydroxylation is 1. The number of rotatable bonds is 4. The molecular formula is C16H19F2N5O. The van der Waals surface area contributed by atoms with Gasteiger partial charge in [0.1, 0.15) is 5.82 Å². The lowest BCUT2D eigenvalue weighted by molar-refractivity contribution is -0.118. The molecule has 24 heavy (non-hydrogen) atoms. The van der Waals surface area contributed by atoms with Gasteiger partial charge in [0, 0.05) is 50.8 Å². The smallest absolute Gasteiger partial charge is 0.238 e. The summed E-state index contributed by atoms with van der Waals surface area (Å²) in [7, 11) is 1.91. The number of halogens is 2. The summed E-state index contributed by atoms with van der Waals surface area (Å²) >= 11 is 0. The minimum Gasteiger partial charge on any atom is -0.337 e. The summed E-state index contributed by atoms with van der Waals surface area (Å²) in [6.07, 6.45) is 3.59. The molecule has 0 spiro atoms. The van der Waals surface area contributed by atoms with E-state index in [2.05, 4.69) is 15.6 Å². The molecule has 8 heteroatoms. The Bertz CT molecular complexity index is 733. The minimum absolute atomic E-state index is 0.0190. The van der Waals surface area contributed by atoms with Gasteiger partial charge in [0.05, 0.1) is 12.6 Å². The van der Waals surface area contributed by atoms with E-state index >= 15 is 0 Å². The second-order valence-electron chi connectivity index (χ2n) is 5.76. The number of carbonyl (C=O) groups excluding carboxylic acids is 1. The third-order valence-electron chi connectivity index (χ3n) is 4.06. The zero-order valence-electron chi connectivity index (χ0n) is 13.3. The highest BCUT2D eigenvalue weighted by Gasteiger charge is 2.28. The van der Waals surface area contributed by atoms with Gasteiger partial charge in [-0.3, -0.25) is 9.69 Å². The Labute approximate surface area is 138 Å². The Morgan fingerprint density at radius 3 is 2.96 bits per heavy atom. The van der Waals surface area contributed by atoms with Crippen LogP contribution in [0.15, 0.2) is 30.6 Å². The molecule has 0 saturated carbocycles. The van der Waals surface area contributed by atoms with Crippen molar-refractivity contribution in [2.24, 2.45) is 7.05 Å². The van der Waals surface area contributed by atoms with Gasteiger partial charge in [-0.25, -0.2) is 13.8 Å². The molecule has 0 radical (unpaired) electrons. The average molecular weight is 335 g/mol. The Balaban J connectivity index is 1.67. The van der Waals surface area contributed by atoms with Gasteiger partial charge >= 0.3 is 0 Å². The van der Waals surface area contributed by atoms with Crippen molar-refractivity contribution >= 4 is 11.6 Å². The van der Waals surface area contributed by atoms with Crippen molar-refractivity contribution < 1.29 is 13.6 Å². The number of nitrogens with zero attached hydrogens (tertiary/aromatic N) is 3. The summed E-state index contributed by atoms with van der Waals surface area (Å²) in [5.41, 5.74) is 0.238. The summed E-state index contributed by atoms with van der Waals surface area (Å²) < 4.78 is 28.1. The van der Waals surface area contributed by atoms with E-state index in [1.165, 1.54) is 6.07 Å². The lowest BCUT2D eigenvalue weighted by Gasteiger charge is -2.35. The van der Waals surface area contributed by atoms with Crippen molar-refractivity contribution in [2.45, 2.75) is 6.04 Å². The van der Waals surface area contributed by atoms with Crippen LogP contribution in [-0.4, -0.2) is 46.5 Å². The maximum atomic E-state index is 13.2. The molecule has 2 heterocycles. The Morgan fingerprint density at radius 2 is 2.25 bits per heavy atom. The molecular weight excluding hydrogens is 316 g/mol. The van der Waals surface area contributed by atoms with Crippen LogP contribution in [0.5, 0.6) is 0 Å². The molecule has 1 aliphatic rings. The van der Waals surface area contributed by atoms with Gasteiger partial charge < -0.3 is 15.2 Å². The van der Waals surface area contributed by atoms with Crippen LogP contribution in [0.3, 0.4) is 0 Å². The number of aromatic nitrogens is 2. The lowest BCUT2D eigenvalue weighted by atomic mass is 10.1. The van der Waals surface area contributed by atoms with E-state index in [4.69, 9.17) is 0 Å². The van der Waals surface area contributed by atoms with E-state index in [1.807, 2.05) is 22.7 Å². The van der Waals surface area contributed by atoms with E-state index in [0.29, 0.717) is 13.1 Å². The molecule has 3 rings (SSSR count). The van der Waals surface area contributed by atoms with Crippen molar-refractivity contribution in [1.29, 1.82) is 0 Å². The molecule has 1 unspecified atom stereocenters. The molecule has 6 nitrogen and oxygen atoms in total. The van der Waals surface area contributed by atoms with Crippen molar-refractivity contribution in [1.82, 2.24) is 19.8 Å². The van der Waals surface area contributed by atoms with Crippen molar-refractivity contribution in [3.05, 3.63) is 48.1 Å². The van der Waals surface area contributed by atoms with Crippen LogP contribution in [0.25, 0.3) is 0 Å². The first-order valence-electron chi connectivity index (χ1n) is 7.71. The highest BCUT2D eigenvalue weighted by molar-refractivity contribution is 5.92. The van der Waals surface area contributed by atoms with Crippen LogP contribution in [-0.2, 0) is 11.8 Å². The quantitative estimate of drug-likeness (QED) is 0.884. The van der Waals surface area contributed by atoms with E-state index in [9.17, 15) is 13.6 Å². The number of benzene rings is 1. The molecule has 2 aromatic rings. The topological polar surface area (TPSA) is 62.2 Å². The summed E-state index contributed by atoms with van der Waals surface area (Å²) in [6, 6.07) is 3.28. The monoisotopic (exact) mass is 335 g/mol.